The number of methoxy groups -OCH3 is 1. The molecule has 1 fully saturated rings. The van der Waals surface area contributed by atoms with E-state index in [-0.39, 0.29) is 6.54 Å². The number of nitrogens with one attached hydrogen (secondary N) is 1. The summed E-state index contributed by atoms with van der Waals surface area (Å²) in [6.45, 7) is 4.75. The lowest BCUT2D eigenvalue weighted by Gasteiger charge is -2.21. The fourth-order valence-corrected chi connectivity index (χ4v) is 1.67. The Bertz CT molecular complexity index is 224. The van der Waals surface area contributed by atoms with Crippen LogP contribution in [0.3, 0.4) is 0 Å². The van der Waals surface area contributed by atoms with Crippen molar-refractivity contribution in [1.82, 2.24) is 5.32 Å². The van der Waals surface area contributed by atoms with Gasteiger partial charge in [-0.05, 0) is 38.1 Å². The van der Waals surface area contributed by atoms with Gasteiger partial charge in [0.15, 0.2) is 5.60 Å². The van der Waals surface area contributed by atoms with Gasteiger partial charge in [0.1, 0.15) is 0 Å². The zero-order valence-electron chi connectivity index (χ0n) is 9.75. The molecule has 0 aromatic carbocycles. The summed E-state index contributed by atoms with van der Waals surface area (Å²) in [5, 5.41) is 12.8. The van der Waals surface area contributed by atoms with Crippen LogP contribution < -0.4 is 5.32 Å². The zero-order valence-corrected chi connectivity index (χ0v) is 9.75. The Balaban J connectivity index is 2.20. The van der Waals surface area contributed by atoms with Gasteiger partial charge in [-0.25, -0.2) is 4.79 Å². The average molecular weight is 215 g/mol. The Kier molecular flexibility index (Phi) is 4.11. The van der Waals surface area contributed by atoms with Crippen LogP contribution in [0.15, 0.2) is 0 Å². The second-order valence-electron chi connectivity index (χ2n) is 4.71. The molecule has 0 aromatic heterocycles. The largest absolute Gasteiger partial charge is 0.467 e. The number of esters is 1. The first-order valence-corrected chi connectivity index (χ1v) is 5.49. The van der Waals surface area contributed by atoms with Crippen molar-refractivity contribution in [3.05, 3.63) is 0 Å². The molecule has 0 bridgehead atoms. The molecule has 4 nitrogen and oxygen atoms in total. The topological polar surface area (TPSA) is 58.6 Å². The number of hydrogen-bond acceptors (Lipinski definition) is 4. The monoisotopic (exact) mass is 215 g/mol. The van der Waals surface area contributed by atoms with Crippen LogP contribution >= 0.6 is 0 Å². The van der Waals surface area contributed by atoms with Crippen molar-refractivity contribution in [3.8, 4) is 0 Å². The van der Waals surface area contributed by atoms with Crippen LogP contribution in [-0.4, -0.2) is 36.9 Å². The minimum Gasteiger partial charge on any atom is -0.467 e. The van der Waals surface area contributed by atoms with E-state index < -0.39 is 11.6 Å². The Morgan fingerprint density at radius 1 is 1.67 bits per heavy atom. The summed E-state index contributed by atoms with van der Waals surface area (Å²) < 4.78 is 4.50. The van der Waals surface area contributed by atoms with E-state index in [1.165, 1.54) is 26.9 Å². The first kappa shape index (κ1) is 12.5. The third-order valence-electron chi connectivity index (χ3n) is 2.99. The van der Waals surface area contributed by atoms with Gasteiger partial charge in [-0.1, -0.05) is 6.92 Å². The Morgan fingerprint density at radius 3 is 2.73 bits per heavy atom. The van der Waals surface area contributed by atoms with E-state index in [0.29, 0.717) is 5.92 Å². The third-order valence-corrected chi connectivity index (χ3v) is 2.99. The van der Waals surface area contributed by atoms with E-state index in [1.54, 1.807) is 0 Å². The zero-order chi connectivity index (χ0) is 11.5. The van der Waals surface area contributed by atoms with Crippen LogP contribution in [0.1, 0.15) is 26.7 Å². The highest BCUT2D eigenvalue weighted by atomic mass is 16.5. The Labute approximate surface area is 91.0 Å². The predicted octanol–water partition coefficient (Wildman–Crippen LogP) is 0.546. The summed E-state index contributed by atoms with van der Waals surface area (Å²) in [6.07, 6.45) is 2.63. The maximum absolute atomic E-state index is 11.1. The molecule has 15 heavy (non-hydrogen) atoms. The van der Waals surface area contributed by atoms with Crippen molar-refractivity contribution in [1.29, 1.82) is 0 Å². The minimum atomic E-state index is -1.42. The molecule has 2 unspecified atom stereocenters. The van der Waals surface area contributed by atoms with Gasteiger partial charge >= 0.3 is 5.97 Å². The van der Waals surface area contributed by atoms with Crippen LogP contribution in [0.25, 0.3) is 0 Å². The Morgan fingerprint density at radius 2 is 2.27 bits per heavy atom. The van der Waals surface area contributed by atoms with E-state index in [1.807, 2.05) is 0 Å². The number of carbonyl (C=O) groups excluding carboxylic acids is 1. The maximum atomic E-state index is 11.1. The molecule has 4 heteroatoms. The predicted molar refractivity (Wildman–Crippen MR) is 57.4 cm³/mol. The Hall–Kier alpha value is -0.610. The van der Waals surface area contributed by atoms with Gasteiger partial charge < -0.3 is 15.2 Å². The molecule has 0 heterocycles. The summed E-state index contributed by atoms with van der Waals surface area (Å²) in [5.74, 6) is 0.869. The highest BCUT2D eigenvalue weighted by Gasteiger charge is 2.32. The van der Waals surface area contributed by atoms with E-state index in [0.717, 1.165) is 12.5 Å². The molecular formula is C11H21NO3. The van der Waals surface area contributed by atoms with Crippen molar-refractivity contribution < 1.29 is 14.6 Å². The fraction of sp³-hybridized carbons (Fsp3) is 0.909. The third kappa shape index (κ3) is 3.80. The number of rotatable bonds is 6. The maximum Gasteiger partial charge on any atom is 0.338 e. The van der Waals surface area contributed by atoms with Gasteiger partial charge in [-0.3, -0.25) is 0 Å². The molecule has 1 aliphatic rings. The summed E-state index contributed by atoms with van der Waals surface area (Å²) in [5.41, 5.74) is -1.42. The van der Waals surface area contributed by atoms with E-state index in [4.69, 9.17) is 0 Å². The quantitative estimate of drug-likeness (QED) is 0.635. The van der Waals surface area contributed by atoms with Crippen LogP contribution in [0.4, 0.5) is 0 Å². The van der Waals surface area contributed by atoms with Crippen molar-refractivity contribution in [2.24, 2.45) is 11.8 Å². The molecule has 0 aliphatic heterocycles. The molecule has 2 N–H and O–H groups in total. The highest BCUT2D eigenvalue weighted by Crippen LogP contribution is 2.36. The lowest BCUT2D eigenvalue weighted by molar-refractivity contribution is -0.159. The van der Waals surface area contributed by atoms with Gasteiger partial charge in [0.25, 0.3) is 0 Å². The van der Waals surface area contributed by atoms with Crippen molar-refractivity contribution in [2.75, 3.05) is 20.2 Å². The molecule has 0 saturated heterocycles. The lowest BCUT2D eigenvalue weighted by Crippen LogP contribution is -2.46. The van der Waals surface area contributed by atoms with Gasteiger partial charge in [-0.2, -0.15) is 0 Å². The summed E-state index contributed by atoms with van der Waals surface area (Å²) >= 11 is 0. The first-order valence-electron chi connectivity index (χ1n) is 5.49. The first-order chi connectivity index (χ1) is 6.97. The molecular weight excluding hydrogens is 194 g/mol. The van der Waals surface area contributed by atoms with Crippen LogP contribution in [0.5, 0.6) is 0 Å². The molecule has 1 rings (SSSR count). The molecule has 0 amide bonds. The molecule has 0 radical (unpaired) electrons. The van der Waals surface area contributed by atoms with Gasteiger partial charge in [0, 0.05) is 6.54 Å². The number of ether oxygens (including phenoxy) is 1. The highest BCUT2D eigenvalue weighted by molar-refractivity contribution is 5.78. The lowest BCUT2D eigenvalue weighted by atomic mass is 10.0. The second-order valence-corrected chi connectivity index (χ2v) is 4.71. The van der Waals surface area contributed by atoms with Gasteiger partial charge in [0.2, 0.25) is 0 Å². The van der Waals surface area contributed by atoms with Crippen LogP contribution in [-0.2, 0) is 9.53 Å². The molecule has 1 saturated carbocycles. The van der Waals surface area contributed by atoms with E-state index in [2.05, 4.69) is 17.0 Å². The SMILES string of the molecule is COC(=O)C(C)(O)CNCC(C)C1CC1. The van der Waals surface area contributed by atoms with Gasteiger partial charge in [0.05, 0.1) is 7.11 Å². The van der Waals surface area contributed by atoms with Crippen molar-refractivity contribution >= 4 is 5.97 Å². The molecule has 2 atom stereocenters. The van der Waals surface area contributed by atoms with Crippen LogP contribution in [0.2, 0.25) is 0 Å². The smallest absolute Gasteiger partial charge is 0.338 e. The molecule has 0 aromatic rings. The van der Waals surface area contributed by atoms with Crippen molar-refractivity contribution in [2.45, 2.75) is 32.3 Å². The molecule has 1 aliphatic carbocycles. The van der Waals surface area contributed by atoms with Gasteiger partial charge in [-0.15, -0.1) is 0 Å². The second kappa shape index (κ2) is 4.94. The van der Waals surface area contributed by atoms with E-state index >= 15 is 0 Å². The minimum absolute atomic E-state index is 0.247. The molecule has 0 spiro atoms. The number of aliphatic hydroxyl groups is 1. The summed E-state index contributed by atoms with van der Waals surface area (Å²) in [6, 6.07) is 0. The van der Waals surface area contributed by atoms with Crippen LogP contribution in [0, 0.1) is 11.8 Å². The number of carbonyl (C=O) groups is 1. The molecule has 88 valence electrons. The van der Waals surface area contributed by atoms with E-state index in [9.17, 15) is 9.90 Å². The van der Waals surface area contributed by atoms with Crippen molar-refractivity contribution in [3.63, 3.8) is 0 Å². The fourth-order valence-electron chi connectivity index (χ4n) is 1.67. The standard InChI is InChI=1S/C11H21NO3/c1-8(9-4-5-9)6-12-7-11(2,14)10(13)15-3/h8-9,12,14H,4-7H2,1-3H3. The summed E-state index contributed by atoms with van der Waals surface area (Å²) in [4.78, 5) is 11.1. The average Bonchev–Trinajstić information content (AvgIpc) is 2.99. The normalized spacial score (nSPS) is 21.9. The number of hydrogen-bond donors (Lipinski definition) is 2. The summed E-state index contributed by atoms with van der Waals surface area (Å²) in [7, 11) is 1.28.